The number of aryl methyl sites for hydroxylation is 1. The van der Waals surface area contributed by atoms with Crippen molar-refractivity contribution < 1.29 is 8.42 Å². The summed E-state index contributed by atoms with van der Waals surface area (Å²) in [5.41, 5.74) is 7.67. The largest absolute Gasteiger partial charge is 0.329 e. The molecular weight excluding hydrogens is 248 g/mol. The predicted octanol–water partition coefficient (Wildman–Crippen LogP) is 1.41. The Kier molecular flexibility index (Phi) is 5.78. The molecule has 0 fully saturated rings. The second-order valence-electron chi connectivity index (χ2n) is 4.25. The van der Waals surface area contributed by atoms with Crippen molar-refractivity contribution in [3.8, 4) is 0 Å². The standard InChI is InChI=1S/C13H22N2O2S/c1-3-11-7-5-6-8-12(11)10-15-18(16,17)13(4-2)9-14/h5-8,13,15H,3-4,9-10,14H2,1-2H3. The maximum Gasteiger partial charge on any atom is 0.216 e. The molecule has 5 heteroatoms. The highest BCUT2D eigenvalue weighted by molar-refractivity contribution is 7.90. The Morgan fingerprint density at radius 3 is 2.33 bits per heavy atom. The van der Waals surface area contributed by atoms with E-state index in [1.54, 1.807) is 0 Å². The SMILES string of the molecule is CCc1ccccc1CNS(=O)(=O)C(CC)CN. The summed E-state index contributed by atoms with van der Waals surface area (Å²) in [6.07, 6.45) is 1.42. The van der Waals surface area contributed by atoms with Crippen molar-refractivity contribution >= 4 is 10.0 Å². The van der Waals surface area contributed by atoms with E-state index in [1.165, 1.54) is 5.56 Å². The molecule has 1 atom stereocenters. The van der Waals surface area contributed by atoms with Crippen LogP contribution >= 0.6 is 0 Å². The molecule has 0 heterocycles. The summed E-state index contributed by atoms with van der Waals surface area (Å²) >= 11 is 0. The minimum Gasteiger partial charge on any atom is -0.329 e. The Balaban J connectivity index is 2.76. The van der Waals surface area contributed by atoms with Crippen LogP contribution in [0.1, 0.15) is 31.4 Å². The van der Waals surface area contributed by atoms with E-state index in [0.717, 1.165) is 12.0 Å². The average molecular weight is 270 g/mol. The van der Waals surface area contributed by atoms with Crippen LogP contribution in [0.2, 0.25) is 0 Å². The highest BCUT2D eigenvalue weighted by Crippen LogP contribution is 2.10. The molecule has 18 heavy (non-hydrogen) atoms. The van der Waals surface area contributed by atoms with Crippen molar-refractivity contribution in [2.45, 2.75) is 38.5 Å². The first-order valence-corrected chi connectivity index (χ1v) is 7.85. The summed E-state index contributed by atoms with van der Waals surface area (Å²) < 4.78 is 26.6. The summed E-state index contributed by atoms with van der Waals surface area (Å²) in [7, 11) is -3.32. The summed E-state index contributed by atoms with van der Waals surface area (Å²) in [5, 5.41) is -0.508. The highest BCUT2D eigenvalue weighted by atomic mass is 32.2. The molecule has 102 valence electrons. The number of nitrogens with two attached hydrogens (primary N) is 1. The van der Waals surface area contributed by atoms with Crippen LogP contribution in [0.4, 0.5) is 0 Å². The Morgan fingerprint density at radius 1 is 1.22 bits per heavy atom. The van der Waals surface area contributed by atoms with Crippen molar-refractivity contribution in [2.75, 3.05) is 6.54 Å². The third-order valence-corrected chi connectivity index (χ3v) is 5.07. The second-order valence-corrected chi connectivity index (χ2v) is 6.30. The molecule has 0 aliphatic heterocycles. The zero-order valence-corrected chi connectivity index (χ0v) is 11.8. The molecule has 0 amide bonds. The molecule has 0 aliphatic rings. The smallest absolute Gasteiger partial charge is 0.216 e. The summed E-state index contributed by atoms with van der Waals surface area (Å²) in [4.78, 5) is 0. The molecule has 0 saturated heterocycles. The van der Waals surface area contributed by atoms with Gasteiger partial charge < -0.3 is 5.73 Å². The lowest BCUT2D eigenvalue weighted by molar-refractivity contribution is 0.560. The number of rotatable bonds is 7. The van der Waals surface area contributed by atoms with Crippen LogP contribution in [0.25, 0.3) is 0 Å². The molecule has 0 aromatic heterocycles. The van der Waals surface area contributed by atoms with Crippen LogP contribution in [0, 0.1) is 0 Å². The number of benzene rings is 1. The molecule has 4 nitrogen and oxygen atoms in total. The molecular formula is C13H22N2O2S. The number of sulfonamides is 1. The average Bonchev–Trinajstić information content (AvgIpc) is 2.38. The fourth-order valence-electron chi connectivity index (χ4n) is 1.88. The molecule has 1 rings (SSSR count). The van der Waals surface area contributed by atoms with Crippen LogP contribution in [0.15, 0.2) is 24.3 Å². The highest BCUT2D eigenvalue weighted by Gasteiger charge is 2.21. The maximum absolute atomic E-state index is 12.0. The molecule has 3 N–H and O–H groups in total. The predicted molar refractivity (Wildman–Crippen MR) is 74.7 cm³/mol. The Bertz CT molecular complexity index is 468. The number of hydrogen-bond donors (Lipinski definition) is 2. The topological polar surface area (TPSA) is 72.2 Å². The second kappa shape index (κ2) is 6.87. The lowest BCUT2D eigenvalue weighted by Gasteiger charge is -2.15. The van der Waals surface area contributed by atoms with Gasteiger partial charge in [0.1, 0.15) is 0 Å². The first-order valence-electron chi connectivity index (χ1n) is 6.30. The fraction of sp³-hybridized carbons (Fsp3) is 0.538. The van der Waals surface area contributed by atoms with Gasteiger partial charge in [-0.1, -0.05) is 38.1 Å². The van der Waals surface area contributed by atoms with Crippen molar-refractivity contribution in [1.82, 2.24) is 4.72 Å². The molecule has 0 spiro atoms. The lowest BCUT2D eigenvalue weighted by Crippen LogP contribution is -2.38. The summed E-state index contributed by atoms with van der Waals surface area (Å²) in [6, 6.07) is 7.85. The third-order valence-electron chi connectivity index (χ3n) is 3.12. The monoisotopic (exact) mass is 270 g/mol. The van der Waals surface area contributed by atoms with E-state index in [-0.39, 0.29) is 6.54 Å². The molecule has 1 aromatic rings. The third kappa shape index (κ3) is 3.80. The van der Waals surface area contributed by atoms with Crippen LogP contribution in [0.3, 0.4) is 0 Å². The van der Waals surface area contributed by atoms with Crippen molar-refractivity contribution in [1.29, 1.82) is 0 Å². The minimum atomic E-state index is -3.32. The van der Waals surface area contributed by atoms with E-state index < -0.39 is 15.3 Å². The van der Waals surface area contributed by atoms with E-state index >= 15 is 0 Å². The fourth-order valence-corrected chi connectivity index (χ4v) is 3.17. The van der Waals surface area contributed by atoms with Gasteiger partial charge in [0, 0.05) is 13.1 Å². The lowest BCUT2D eigenvalue weighted by atomic mass is 10.1. The van der Waals surface area contributed by atoms with Crippen LogP contribution in [-0.4, -0.2) is 20.2 Å². The number of hydrogen-bond acceptors (Lipinski definition) is 3. The first kappa shape index (κ1) is 15.1. The van der Waals surface area contributed by atoms with E-state index in [2.05, 4.69) is 11.6 Å². The molecule has 1 aromatic carbocycles. The van der Waals surface area contributed by atoms with Gasteiger partial charge in [0.25, 0.3) is 0 Å². The normalized spacial score (nSPS) is 13.5. The molecule has 0 radical (unpaired) electrons. The zero-order valence-electron chi connectivity index (χ0n) is 11.0. The summed E-state index contributed by atoms with van der Waals surface area (Å²) in [6.45, 7) is 4.38. The maximum atomic E-state index is 12.0. The molecule has 0 bridgehead atoms. The van der Waals surface area contributed by atoms with Crippen molar-refractivity contribution in [3.05, 3.63) is 35.4 Å². The van der Waals surface area contributed by atoms with Gasteiger partial charge in [-0.25, -0.2) is 13.1 Å². The first-order chi connectivity index (χ1) is 8.55. The van der Waals surface area contributed by atoms with Gasteiger partial charge in [-0.15, -0.1) is 0 Å². The van der Waals surface area contributed by atoms with Crippen LogP contribution in [-0.2, 0) is 23.0 Å². The Morgan fingerprint density at radius 2 is 1.83 bits per heavy atom. The van der Waals surface area contributed by atoms with Crippen molar-refractivity contribution in [3.63, 3.8) is 0 Å². The van der Waals surface area contributed by atoms with Gasteiger partial charge >= 0.3 is 0 Å². The van der Waals surface area contributed by atoms with Gasteiger partial charge in [0.15, 0.2) is 0 Å². The molecule has 0 saturated carbocycles. The quantitative estimate of drug-likeness (QED) is 0.787. The van der Waals surface area contributed by atoms with Gasteiger partial charge in [-0.05, 0) is 24.0 Å². The van der Waals surface area contributed by atoms with Crippen LogP contribution < -0.4 is 10.5 Å². The molecule has 0 aliphatic carbocycles. The van der Waals surface area contributed by atoms with E-state index in [0.29, 0.717) is 13.0 Å². The van der Waals surface area contributed by atoms with Gasteiger partial charge in [-0.3, -0.25) is 0 Å². The van der Waals surface area contributed by atoms with Gasteiger partial charge in [-0.2, -0.15) is 0 Å². The van der Waals surface area contributed by atoms with E-state index in [1.807, 2.05) is 31.2 Å². The Labute approximate surface area is 110 Å². The van der Waals surface area contributed by atoms with Gasteiger partial charge in [0.05, 0.1) is 5.25 Å². The number of nitrogens with one attached hydrogen (secondary N) is 1. The van der Waals surface area contributed by atoms with Crippen LogP contribution in [0.5, 0.6) is 0 Å². The minimum absolute atomic E-state index is 0.154. The van der Waals surface area contributed by atoms with Gasteiger partial charge in [0.2, 0.25) is 10.0 Å². The van der Waals surface area contributed by atoms with E-state index in [9.17, 15) is 8.42 Å². The molecule has 1 unspecified atom stereocenters. The Hall–Kier alpha value is -0.910. The van der Waals surface area contributed by atoms with E-state index in [4.69, 9.17) is 5.73 Å². The zero-order chi connectivity index (χ0) is 13.6. The van der Waals surface area contributed by atoms with Crippen molar-refractivity contribution in [2.24, 2.45) is 5.73 Å². The summed E-state index contributed by atoms with van der Waals surface area (Å²) in [5.74, 6) is 0.